The number of thiazole rings is 1. The van der Waals surface area contributed by atoms with Crippen LogP contribution in [-0.4, -0.2) is 10.9 Å². The number of hydrogen-bond acceptors (Lipinski definition) is 3. The lowest BCUT2D eigenvalue weighted by atomic mass is 10.1. The Kier molecular flexibility index (Phi) is 4.92. The number of hydrogen-bond donors (Lipinski definition) is 1. The number of amides is 1. The monoisotopic (exact) mass is 360 g/mol. The minimum Gasteiger partial charge on any atom is -0.298 e. The Labute approximate surface area is 148 Å². The van der Waals surface area contributed by atoms with Crippen LogP contribution >= 0.6 is 22.9 Å². The molecule has 0 aliphatic heterocycles. The van der Waals surface area contributed by atoms with Crippen LogP contribution in [0.2, 0.25) is 5.02 Å². The predicted octanol–water partition coefficient (Wildman–Crippen LogP) is 5.09. The highest BCUT2D eigenvalue weighted by molar-refractivity contribution is 7.15. The first-order valence-corrected chi connectivity index (χ1v) is 8.48. The Morgan fingerprint density at radius 2 is 2.08 bits per heavy atom. The van der Waals surface area contributed by atoms with Crippen molar-refractivity contribution in [1.82, 2.24) is 4.98 Å². The Balaban J connectivity index is 1.73. The topological polar surface area (TPSA) is 42.0 Å². The van der Waals surface area contributed by atoms with Crippen molar-refractivity contribution < 1.29 is 9.18 Å². The largest absolute Gasteiger partial charge is 0.298 e. The van der Waals surface area contributed by atoms with Crippen molar-refractivity contribution in [2.75, 3.05) is 5.32 Å². The van der Waals surface area contributed by atoms with E-state index in [4.69, 9.17) is 11.6 Å². The van der Waals surface area contributed by atoms with Crippen LogP contribution in [0, 0.1) is 12.7 Å². The fourth-order valence-electron chi connectivity index (χ4n) is 2.28. The number of nitrogens with one attached hydrogen (secondary N) is 1. The van der Waals surface area contributed by atoms with Crippen molar-refractivity contribution in [2.45, 2.75) is 13.3 Å². The van der Waals surface area contributed by atoms with Crippen molar-refractivity contribution >= 4 is 34.0 Å². The van der Waals surface area contributed by atoms with E-state index in [1.807, 2.05) is 24.3 Å². The van der Waals surface area contributed by atoms with E-state index in [1.54, 1.807) is 19.2 Å². The standard InChI is InChI=1S/C18H14ClFN2OS/c1-11-6-7-13(20)9-15(11)17(23)22-18-21-10-14(24-18)8-12-4-2-3-5-16(12)19/h2-7,9-10H,8H2,1H3,(H,21,22,23). The van der Waals surface area contributed by atoms with Crippen molar-refractivity contribution in [2.24, 2.45) is 0 Å². The minimum atomic E-state index is -0.440. The predicted molar refractivity (Wildman–Crippen MR) is 95.5 cm³/mol. The summed E-state index contributed by atoms with van der Waals surface area (Å²) in [6.45, 7) is 1.76. The van der Waals surface area contributed by atoms with Crippen LogP contribution in [0.5, 0.6) is 0 Å². The molecule has 1 amide bonds. The number of benzene rings is 2. The molecular weight excluding hydrogens is 347 g/mol. The maximum absolute atomic E-state index is 13.3. The third-order valence-electron chi connectivity index (χ3n) is 3.54. The summed E-state index contributed by atoms with van der Waals surface area (Å²) in [5.41, 5.74) is 2.02. The number of aryl methyl sites for hydroxylation is 1. The molecule has 0 bridgehead atoms. The smallest absolute Gasteiger partial charge is 0.257 e. The second kappa shape index (κ2) is 7.11. The van der Waals surface area contributed by atoms with E-state index >= 15 is 0 Å². The highest BCUT2D eigenvalue weighted by Crippen LogP contribution is 2.25. The van der Waals surface area contributed by atoms with Gasteiger partial charge in [-0.3, -0.25) is 10.1 Å². The number of rotatable bonds is 4. The van der Waals surface area contributed by atoms with Gasteiger partial charge in [0.25, 0.3) is 5.91 Å². The average molecular weight is 361 g/mol. The number of carbonyl (C=O) groups is 1. The lowest BCUT2D eigenvalue weighted by Crippen LogP contribution is -2.13. The highest BCUT2D eigenvalue weighted by atomic mass is 35.5. The third kappa shape index (κ3) is 3.80. The van der Waals surface area contributed by atoms with E-state index in [9.17, 15) is 9.18 Å². The summed E-state index contributed by atoms with van der Waals surface area (Å²) in [5.74, 6) is -0.810. The van der Waals surface area contributed by atoms with Gasteiger partial charge >= 0.3 is 0 Å². The van der Waals surface area contributed by atoms with Gasteiger partial charge in [-0.25, -0.2) is 9.37 Å². The van der Waals surface area contributed by atoms with E-state index < -0.39 is 5.82 Å². The normalized spacial score (nSPS) is 10.6. The van der Waals surface area contributed by atoms with Crippen LogP contribution in [0.15, 0.2) is 48.7 Å². The molecule has 0 atom stereocenters. The van der Waals surface area contributed by atoms with Gasteiger partial charge in [-0.15, -0.1) is 11.3 Å². The molecule has 24 heavy (non-hydrogen) atoms. The molecular formula is C18H14ClFN2OS. The lowest BCUT2D eigenvalue weighted by Gasteiger charge is -2.05. The quantitative estimate of drug-likeness (QED) is 0.704. The Morgan fingerprint density at radius 1 is 1.29 bits per heavy atom. The molecule has 0 radical (unpaired) electrons. The summed E-state index contributed by atoms with van der Waals surface area (Å²) in [5, 5.41) is 3.89. The molecule has 2 aromatic carbocycles. The molecule has 6 heteroatoms. The molecule has 3 nitrogen and oxygen atoms in total. The zero-order valence-corrected chi connectivity index (χ0v) is 14.4. The molecule has 122 valence electrons. The van der Waals surface area contributed by atoms with Crippen molar-refractivity contribution in [3.8, 4) is 0 Å². The molecule has 3 aromatic rings. The van der Waals surface area contributed by atoms with E-state index in [2.05, 4.69) is 10.3 Å². The van der Waals surface area contributed by atoms with Crippen LogP contribution in [0.3, 0.4) is 0 Å². The van der Waals surface area contributed by atoms with E-state index in [0.29, 0.717) is 27.7 Å². The first-order valence-electron chi connectivity index (χ1n) is 7.28. The second-order valence-electron chi connectivity index (χ2n) is 5.31. The molecule has 0 aliphatic carbocycles. The summed E-state index contributed by atoms with van der Waals surface area (Å²) >= 11 is 7.53. The van der Waals surface area contributed by atoms with Gasteiger partial charge in [-0.1, -0.05) is 35.9 Å². The first-order chi connectivity index (χ1) is 11.5. The molecule has 3 rings (SSSR count). The minimum absolute atomic E-state index is 0.304. The van der Waals surface area contributed by atoms with Gasteiger partial charge in [0.05, 0.1) is 0 Å². The van der Waals surface area contributed by atoms with Crippen LogP contribution < -0.4 is 5.32 Å². The van der Waals surface area contributed by atoms with Crippen molar-refractivity contribution in [3.05, 3.63) is 81.1 Å². The lowest BCUT2D eigenvalue weighted by molar-refractivity contribution is 0.102. The van der Waals surface area contributed by atoms with Crippen molar-refractivity contribution in [3.63, 3.8) is 0 Å². The molecule has 0 fully saturated rings. The van der Waals surface area contributed by atoms with Gasteiger partial charge in [-0.2, -0.15) is 0 Å². The SMILES string of the molecule is Cc1ccc(F)cc1C(=O)Nc1ncc(Cc2ccccc2Cl)s1. The zero-order valence-electron chi connectivity index (χ0n) is 12.8. The Hall–Kier alpha value is -2.24. The number of halogens is 2. The van der Waals surface area contributed by atoms with E-state index in [0.717, 1.165) is 10.4 Å². The summed E-state index contributed by atoms with van der Waals surface area (Å²) in [7, 11) is 0. The summed E-state index contributed by atoms with van der Waals surface area (Å²) < 4.78 is 13.3. The molecule has 0 aliphatic rings. The van der Waals surface area contributed by atoms with Crippen LogP contribution in [0.4, 0.5) is 9.52 Å². The second-order valence-corrected chi connectivity index (χ2v) is 6.84. The van der Waals surface area contributed by atoms with Gasteiger partial charge in [0.2, 0.25) is 0 Å². The summed E-state index contributed by atoms with van der Waals surface area (Å²) in [6.07, 6.45) is 2.36. The maximum Gasteiger partial charge on any atom is 0.257 e. The zero-order chi connectivity index (χ0) is 17.1. The Bertz CT molecular complexity index is 894. The van der Waals surface area contributed by atoms with Crippen LogP contribution in [0.25, 0.3) is 0 Å². The fourth-order valence-corrected chi connectivity index (χ4v) is 3.31. The van der Waals surface area contributed by atoms with Gasteiger partial charge in [0.15, 0.2) is 5.13 Å². The van der Waals surface area contributed by atoms with Gasteiger partial charge in [0, 0.05) is 28.1 Å². The van der Waals surface area contributed by atoms with Crippen LogP contribution in [-0.2, 0) is 6.42 Å². The fraction of sp³-hybridized carbons (Fsp3) is 0.111. The molecule has 1 N–H and O–H groups in total. The number of aromatic nitrogens is 1. The summed E-state index contributed by atoms with van der Waals surface area (Å²) in [4.78, 5) is 17.5. The third-order valence-corrected chi connectivity index (χ3v) is 4.82. The van der Waals surface area contributed by atoms with Gasteiger partial charge in [-0.05, 0) is 36.2 Å². The van der Waals surface area contributed by atoms with E-state index in [-0.39, 0.29) is 5.91 Å². The molecule has 0 unspecified atom stereocenters. The maximum atomic E-state index is 13.3. The number of carbonyl (C=O) groups excluding carboxylic acids is 1. The highest BCUT2D eigenvalue weighted by Gasteiger charge is 2.13. The van der Waals surface area contributed by atoms with Gasteiger partial charge in [0.1, 0.15) is 5.82 Å². The Morgan fingerprint density at radius 3 is 2.88 bits per heavy atom. The van der Waals surface area contributed by atoms with E-state index in [1.165, 1.54) is 23.5 Å². The molecule has 0 saturated carbocycles. The van der Waals surface area contributed by atoms with Gasteiger partial charge < -0.3 is 0 Å². The van der Waals surface area contributed by atoms with Crippen LogP contribution in [0.1, 0.15) is 26.4 Å². The molecule has 0 spiro atoms. The summed E-state index contributed by atoms with van der Waals surface area (Å²) in [6, 6.07) is 11.7. The molecule has 0 saturated heterocycles. The number of anilines is 1. The average Bonchev–Trinajstić information content (AvgIpc) is 2.99. The number of nitrogens with zero attached hydrogens (tertiary/aromatic N) is 1. The van der Waals surface area contributed by atoms with Crippen molar-refractivity contribution in [1.29, 1.82) is 0 Å². The first kappa shape index (κ1) is 16.6. The molecule has 1 heterocycles. The molecule has 1 aromatic heterocycles.